The largest absolute Gasteiger partial charge is 0.480 e. The van der Waals surface area contributed by atoms with Gasteiger partial charge in [0.25, 0.3) is 0 Å². The second kappa shape index (κ2) is 5.09. The Balaban J connectivity index is 4.42. The van der Waals surface area contributed by atoms with Crippen molar-refractivity contribution in [3.8, 4) is 0 Å². The molecular weight excluding hydrogens is 200 g/mol. The second-order valence-electron chi connectivity index (χ2n) is 4.43. The number of hydrogen-bond acceptors (Lipinski definition) is 4. The number of rotatable bonds is 4. The van der Waals surface area contributed by atoms with Gasteiger partial charge >= 0.3 is 5.97 Å². The number of aliphatic hydroxyl groups excluding tert-OH is 1. The molecule has 5 N–H and O–H groups in total. The number of nitrogens with two attached hydrogens (primary N) is 1. The van der Waals surface area contributed by atoms with E-state index in [9.17, 15) is 9.59 Å². The Morgan fingerprint density at radius 2 is 1.87 bits per heavy atom. The van der Waals surface area contributed by atoms with Gasteiger partial charge in [0.05, 0.1) is 12.6 Å². The Morgan fingerprint density at radius 3 is 2.13 bits per heavy atom. The van der Waals surface area contributed by atoms with E-state index in [2.05, 4.69) is 5.32 Å². The summed E-state index contributed by atoms with van der Waals surface area (Å²) in [7, 11) is 0. The van der Waals surface area contributed by atoms with Crippen LogP contribution >= 0.6 is 0 Å². The van der Waals surface area contributed by atoms with E-state index >= 15 is 0 Å². The second-order valence-corrected chi connectivity index (χ2v) is 4.43. The summed E-state index contributed by atoms with van der Waals surface area (Å²) < 4.78 is 0. The maximum Gasteiger partial charge on any atom is 0.328 e. The zero-order valence-electron chi connectivity index (χ0n) is 9.15. The highest BCUT2D eigenvalue weighted by atomic mass is 16.4. The van der Waals surface area contributed by atoms with Gasteiger partial charge in [0.15, 0.2) is 0 Å². The van der Waals surface area contributed by atoms with E-state index in [0.717, 1.165) is 0 Å². The summed E-state index contributed by atoms with van der Waals surface area (Å²) in [5, 5.41) is 19.4. The number of carboxylic acid groups (broad SMARTS) is 1. The summed E-state index contributed by atoms with van der Waals surface area (Å²) >= 11 is 0. The molecule has 0 fully saturated rings. The van der Waals surface area contributed by atoms with Crippen LogP contribution in [0.1, 0.15) is 20.8 Å². The van der Waals surface area contributed by atoms with Crippen molar-refractivity contribution >= 4 is 11.9 Å². The number of aliphatic hydroxyl groups is 1. The molecule has 0 rings (SSSR count). The SMILES string of the molecule is CC(C)(C)C(N)C(=O)N[C@H](CO)C(=O)O. The van der Waals surface area contributed by atoms with Crippen molar-refractivity contribution in [3.05, 3.63) is 0 Å². The van der Waals surface area contributed by atoms with Gasteiger partial charge in [0.2, 0.25) is 5.91 Å². The van der Waals surface area contributed by atoms with Crippen molar-refractivity contribution in [1.82, 2.24) is 5.32 Å². The molecule has 0 radical (unpaired) electrons. The lowest BCUT2D eigenvalue weighted by Crippen LogP contribution is -2.54. The minimum Gasteiger partial charge on any atom is -0.480 e. The number of nitrogens with one attached hydrogen (secondary N) is 1. The molecule has 0 saturated carbocycles. The van der Waals surface area contributed by atoms with Gasteiger partial charge in [-0.3, -0.25) is 4.79 Å². The van der Waals surface area contributed by atoms with Crippen LogP contribution < -0.4 is 11.1 Å². The van der Waals surface area contributed by atoms with Gasteiger partial charge in [-0.1, -0.05) is 20.8 Å². The molecule has 0 aromatic heterocycles. The van der Waals surface area contributed by atoms with E-state index in [1.54, 1.807) is 20.8 Å². The minimum atomic E-state index is -1.30. The van der Waals surface area contributed by atoms with Gasteiger partial charge < -0.3 is 21.3 Å². The molecule has 0 aliphatic heterocycles. The first kappa shape index (κ1) is 13.9. The monoisotopic (exact) mass is 218 g/mol. The van der Waals surface area contributed by atoms with Crippen molar-refractivity contribution in [3.63, 3.8) is 0 Å². The molecule has 0 saturated heterocycles. The summed E-state index contributed by atoms with van der Waals surface area (Å²) in [5.74, 6) is -1.86. The Labute approximate surface area is 88.5 Å². The molecule has 6 nitrogen and oxygen atoms in total. The number of carboxylic acids is 1. The first-order valence-corrected chi connectivity index (χ1v) is 4.59. The zero-order valence-corrected chi connectivity index (χ0v) is 9.15. The number of aliphatic carboxylic acids is 1. The number of hydrogen-bond donors (Lipinski definition) is 4. The summed E-state index contributed by atoms with van der Waals surface area (Å²) in [5.41, 5.74) is 5.16. The Bertz CT molecular complexity index is 247. The van der Waals surface area contributed by atoms with Crippen molar-refractivity contribution < 1.29 is 19.8 Å². The maximum atomic E-state index is 11.5. The van der Waals surface area contributed by atoms with E-state index in [1.807, 2.05) is 0 Å². The third kappa shape index (κ3) is 4.26. The smallest absolute Gasteiger partial charge is 0.328 e. The van der Waals surface area contributed by atoms with Crippen LogP contribution in [0.5, 0.6) is 0 Å². The molecule has 2 atom stereocenters. The maximum absolute atomic E-state index is 11.5. The molecule has 0 bridgehead atoms. The average molecular weight is 218 g/mol. The molecule has 88 valence electrons. The van der Waals surface area contributed by atoms with Crippen LogP contribution in [0, 0.1) is 5.41 Å². The van der Waals surface area contributed by atoms with Crippen LogP contribution in [0.3, 0.4) is 0 Å². The fourth-order valence-corrected chi connectivity index (χ4v) is 0.840. The average Bonchev–Trinajstić information content (AvgIpc) is 2.10. The molecule has 0 aliphatic rings. The number of carbonyl (C=O) groups is 2. The molecule has 0 aromatic carbocycles. The lowest BCUT2D eigenvalue weighted by Gasteiger charge is -2.26. The first-order valence-electron chi connectivity index (χ1n) is 4.59. The summed E-state index contributed by atoms with van der Waals surface area (Å²) in [6.45, 7) is 4.65. The normalized spacial score (nSPS) is 15.5. The fraction of sp³-hybridized carbons (Fsp3) is 0.778. The third-order valence-corrected chi connectivity index (χ3v) is 2.01. The highest BCUT2D eigenvalue weighted by Crippen LogP contribution is 2.17. The minimum absolute atomic E-state index is 0.456. The van der Waals surface area contributed by atoms with E-state index in [1.165, 1.54) is 0 Å². The van der Waals surface area contributed by atoms with Gasteiger partial charge in [-0.15, -0.1) is 0 Å². The number of carbonyl (C=O) groups excluding carboxylic acids is 1. The standard InChI is InChI=1S/C9H18N2O4/c1-9(2,3)6(10)7(13)11-5(4-12)8(14)15/h5-6,12H,4,10H2,1-3H3,(H,11,13)(H,14,15)/t5-,6?/m1/s1. The summed E-state index contributed by atoms with van der Waals surface area (Å²) in [6.07, 6.45) is 0. The van der Waals surface area contributed by atoms with Crippen LogP contribution in [0.25, 0.3) is 0 Å². The summed E-state index contributed by atoms with van der Waals surface area (Å²) in [6, 6.07) is -2.11. The number of amides is 1. The molecule has 0 aromatic rings. The molecule has 1 amide bonds. The van der Waals surface area contributed by atoms with Crippen molar-refractivity contribution in [2.75, 3.05) is 6.61 Å². The molecule has 15 heavy (non-hydrogen) atoms. The molecule has 0 aliphatic carbocycles. The van der Waals surface area contributed by atoms with Crippen molar-refractivity contribution in [2.45, 2.75) is 32.9 Å². The van der Waals surface area contributed by atoms with Gasteiger partial charge in [-0.05, 0) is 5.41 Å². The third-order valence-electron chi connectivity index (χ3n) is 2.01. The molecule has 1 unspecified atom stereocenters. The van der Waals surface area contributed by atoms with Crippen LogP contribution in [0.2, 0.25) is 0 Å². The van der Waals surface area contributed by atoms with Crippen LogP contribution in [0.15, 0.2) is 0 Å². The van der Waals surface area contributed by atoms with E-state index in [-0.39, 0.29) is 0 Å². The quantitative estimate of drug-likeness (QED) is 0.479. The molecule has 0 spiro atoms. The van der Waals surface area contributed by atoms with Crippen molar-refractivity contribution in [2.24, 2.45) is 11.1 Å². The van der Waals surface area contributed by atoms with Crippen molar-refractivity contribution in [1.29, 1.82) is 0 Å². The highest BCUT2D eigenvalue weighted by Gasteiger charge is 2.30. The molecule has 0 heterocycles. The fourth-order valence-electron chi connectivity index (χ4n) is 0.840. The predicted molar refractivity (Wildman–Crippen MR) is 54.1 cm³/mol. The lowest BCUT2D eigenvalue weighted by molar-refractivity contribution is -0.143. The first-order chi connectivity index (χ1) is 6.70. The molecule has 6 heteroatoms. The predicted octanol–water partition coefficient (Wildman–Crippen LogP) is -1.08. The molecular formula is C9H18N2O4. The zero-order chi connectivity index (χ0) is 12.2. The van der Waals surface area contributed by atoms with E-state index in [4.69, 9.17) is 15.9 Å². The van der Waals surface area contributed by atoms with Crippen LogP contribution in [-0.4, -0.2) is 40.8 Å². The van der Waals surface area contributed by atoms with Gasteiger partial charge in [0, 0.05) is 0 Å². The van der Waals surface area contributed by atoms with Crippen LogP contribution in [0.4, 0.5) is 0 Å². The topological polar surface area (TPSA) is 113 Å². The highest BCUT2D eigenvalue weighted by molar-refractivity contribution is 5.87. The van der Waals surface area contributed by atoms with Gasteiger partial charge in [-0.25, -0.2) is 4.79 Å². The summed E-state index contributed by atoms with van der Waals surface area (Å²) in [4.78, 5) is 22.0. The van der Waals surface area contributed by atoms with Gasteiger partial charge in [0.1, 0.15) is 6.04 Å². The van der Waals surface area contributed by atoms with Gasteiger partial charge in [-0.2, -0.15) is 0 Å². The van der Waals surface area contributed by atoms with Crippen LogP contribution in [-0.2, 0) is 9.59 Å². The Morgan fingerprint density at radius 1 is 1.40 bits per heavy atom. The Kier molecular flexibility index (Phi) is 4.70. The Hall–Kier alpha value is -1.14. The van der Waals surface area contributed by atoms with E-state index < -0.39 is 36.0 Å². The lowest BCUT2D eigenvalue weighted by atomic mass is 9.87. The van der Waals surface area contributed by atoms with E-state index in [0.29, 0.717) is 0 Å².